The molecular weight excluding hydrogens is 392 g/mol. The van der Waals surface area contributed by atoms with Crippen molar-refractivity contribution in [2.24, 2.45) is 11.8 Å². The van der Waals surface area contributed by atoms with Gasteiger partial charge in [0.1, 0.15) is 5.54 Å². The first-order chi connectivity index (χ1) is 14.0. The minimum absolute atomic E-state index is 0.0174. The molecule has 0 aliphatic carbocycles. The van der Waals surface area contributed by atoms with Gasteiger partial charge in [-0.2, -0.15) is 0 Å². The van der Waals surface area contributed by atoms with E-state index in [-0.39, 0.29) is 23.7 Å². The summed E-state index contributed by atoms with van der Waals surface area (Å²) in [6, 6.07) is 5.52. The predicted octanol–water partition coefficient (Wildman–Crippen LogP) is 3.51. The molecule has 2 fully saturated rings. The van der Waals surface area contributed by atoms with E-state index in [9.17, 15) is 9.59 Å². The van der Waals surface area contributed by atoms with E-state index in [1.54, 1.807) is 6.07 Å². The van der Waals surface area contributed by atoms with E-state index in [0.717, 1.165) is 31.6 Å². The lowest BCUT2D eigenvalue weighted by Gasteiger charge is -2.45. The third kappa shape index (κ3) is 3.04. The number of piperidine rings is 1. The fourth-order valence-corrected chi connectivity index (χ4v) is 5.76. The van der Waals surface area contributed by atoms with Gasteiger partial charge in [0.25, 0.3) is 0 Å². The van der Waals surface area contributed by atoms with E-state index >= 15 is 0 Å². The number of rotatable bonds is 4. The number of nitrogens with one attached hydrogen (secondary N) is 1. The molecule has 1 aromatic carbocycles. The first-order valence-electron chi connectivity index (χ1n) is 10.1. The molecule has 0 aromatic heterocycles. The average Bonchev–Trinajstić information content (AvgIpc) is 3.23. The Balaban J connectivity index is 1.70. The Morgan fingerprint density at radius 3 is 2.86 bits per heavy atom. The molecule has 4 atom stereocenters. The summed E-state index contributed by atoms with van der Waals surface area (Å²) in [5.74, 6) is -0.0377. The highest BCUT2D eigenvalue weighted by molar-refractivity contribution is 6.36. The molecule has 0 saturated carbocycles. The monoisotopic (exact) mass is 418 g/mol. The molecule has 1 spiro atoms. The van der Waals surface area contributed by atoms with E-state index in [2.05, 4.69) is 17.1 Å². The van der Waals surface area contributed by atoms with Gasteiger partial charge in [0.15, 0.2) is 5.78 Å². The van der Waals surface area contributed by atoms with Crippen LogP contribution < -0.4 is 5.32 Å². The zero-order chi connectivity index (χ0) is 20.8. The minimum atomic E-state index is -0.696. The highest BCUT2D eigenvalue weighted by Gasteiger charge is 2.59. The lowest BCUT2D eigenvalue weighted by atomic mass is 9.72. The molecule has 3 aliphatic rings. The van der Waals surface area contributed by atoms with Gasteiger partial charge in [0, 0.05) is 24.8 Å². The van der Waals surface area contributed by atoms with Gasteiger partial charge < -0.3 is 14.8 Å². The Bertz CT molecular complexity index is 870. The number of hydrogen-bond donors (Lipinski definition) is 1. The maximum Gasteiger partial charge on any atom is 0.337 e. The number of hydrogen-bond acceptors (Lipinski definition) is 6. The quantitative estimate of drug-likeness (QED) is 0.458. The number of methoxy groups -OCH3 is 2. The van der Waals surface area contributed by atoms with Gasteiger partial charge in [0.05, 0.1) is 36.6 Å². The molecule has 0 radical (unpaired) electrons. The molecule has 1 aromatic rings. The summed E-state index contributed by atoms with van der Waals surface area (Å²) in [6.07, 6.45) is 3.86. The lowest BCUT2D eigenvalue weighted by molar-refractivity contribution is -0.137. The van der Waals surface area contributed by atoms with Gasteiger partial charge in [0.2, 0.25) is 0 Å². The molecule has 3 heterocycles. The van der Waals surface area contributed by atoms with Gasteiger partial charge >= 0.3 is 5.97 Å². The number of nitrogens with zero attached hydrogens (tertiary/aromatic N) is 1. The SMILES string of the molecule is CC[C@@H]1CN2CC[C@]3(Nc4cccc(Cl)c4C3=O)[C@@H]2C[C@@H]1/C(=C\OC)C(=O)OC. The molecule has 3 aliphatic heterocycles. The molecule has 156 valence electrons. The zero-order valence-corrected chi connectivity index (χ0v) is 17.8. The smallest absolute Gasteiger partial charge is 0.337 e. The van der Waals surface area contributed by atoms with Crippen molar-refractivity contribution >= 4 is 29.0 Å². The van der Waals surface area contributed by atoms with Crippen LogP contribution in [0.5, 0.6) is 0 Å². The average molecular weight is 419 g/mol. The van der Waals surface area contributed by atoms with Crippen LogP contribution in [0, 0.1) is 11.8 Å². The number of ketones is 1. The predicted molar refractivity (Wildman–Crippen MR) is 111 cm³/mol. The number of fused-ring (bicyclic) bond motifs is 3. The summed E-state index contributed by atoms with van der Waals surface area (Å²) in [5.41, 5.74) is 1.24. The maximum atomic E-state index is 13.5. The van der Waals surface area contributed by atoms with Crippen molar-refractivity contribution in [3.8, 4) is 0 Å². The number of Topliss-reactive ketones (excluding diaryl/α,β-unsaturated/α-hetero) is 1. The molecular formula is C22H27ClN2O4. The van der Waals surface area contributed by atoms with Gasteiger partial charge in [-0.05, 0) is 36.8 Å². The van der Waals surface area contributed by atoms with Crippen LogP contribution >= 0.6 is 11.6 Å². The van der Waals surface area contributed by atoms with Gasteiger partial charge in [-0.15, -0.1) is 0 Å². The Labute approximate surface area is 176 Å². The van der Waals surface area contributed by atoms with Crippen molar-refractivity contribution in [1.29, 1.82) is 0 Å². The summed E-state index contributed by atoms with van der Waals surface area (Å²) in [6.45, 7) is 3.82. The molecule has 6 nitrogen and oxygen atoms in total. The topological polar surface area (TPSA) is 67.9 Å². The third-order valence-corrected chi connectivity index (χ3v) is 7.23. The van der Waals surface area contributed by atoms with E-state index in [4.69, 9.17) is 21.1 Å². The fourth-order valence-electron chi connectivity index (χ4n) is 5.50. The van der Waals surface area contributed by atoms with Crippen molar-refractivity contribution in [2.45, 2.75) is 37.8 Å². The summed E-state index contributed by atoms with van der Waals surface area (Å²) < 4.78 is 10.2. The molecule has 1 N–H and O–H groups in total. The number of benzene rings is 1. The summed E-state index contributed by atoms with van der Waals surface area (Å²) >= 11 is 6.37. The van der Waals surface area contributed by atoms with Crippen LogP contribution in [0.25, 0.3) is 0 Å². The van der Waals surface area contributed by atoms with Crippen molar-refractivity contribution in [2.75, 3.05) is 32.6 Å². The van der Waals surface area contributed by atoms with Crippen molar-refractivity contribution < 1.29 is 19.1 Å². The van der Waals surface area contributed by atoms with Crippen LogP contribution in [0.4, 0.5) is 5.69 Å². The van der Waals surface area contributed by atoms with Crippen LogP contribution in [0.15, 0.2) is 30.0 Å². The van der Waals surface area contributed by atoms with Crippen LogP contribution in [0.2, 0.25) is 5.02 Å². The summed E-state index contributed by atoms with van der Waals surface area (Å²) in [7, 11) is 2.93. The Hall–Kier alpha value is -2.05. The van der Waals surface area contributed by atoms with Crippen LogP contribution in [0.3, 0.4) is 0 Å². The number of carbonyl (C=O) groups is 2. The van der Waals surface area contributed by atoms with Gasteiger partial charge in [-0.1, -0.05) is 31.0 Å². The van der Waals surface area contributed by atoms with E-state index < -0.39 is 5.54 Å². The van der Waals surface area contributed by atoms with E-state index in [1.807, 2.05) is 12.1 Å². The van der Waals surface area contributed by atoms with Gasteiger partial charge in [-0.3, -0.25) is 9.69 Å². The summed E-state index contributed by atoms with van der Waals surface area (Å²) in [4.78, 5) is 28.4. The molecule has 29 heavy (non-hydrogen) atoms. The minimum Gasteiger partial charge on any atom is -0.504 e. The molecule has 7 heteroatoms. The standard InChI is InChI=1S/C22H27ClN2O4/c1-4-13-11-25-9-8-22(20(26)19-16(23)6-5-7-17(19)24-22)18(25)10-14(13)15(12-28-2)21(27)29-3/h5-7,12-14,18,24H,4,8-11H2,1-3H3/b15-12+/t13-,14+,18+,22+/m1/s1. The van der Waals surface area contributed by atoms with Crippen molar-refractivity contribution in [1.82, 2.24) is 4.90 Å². The summed E-state index contributed by atoms with van der Waals surface area (Å²) in [5, 5.41) is 4.01. The first kappa shape index (κ1) is 20.2. The number of anilines is 1. The Morgan fingerprint density at radius 2 is 2.21 bits per heavy atom. The third-order valence-electron chi connectivity index (χ3n) is 6.91. The molecule has 0 amide bonds. The van der Waals surface area contributed by atoms with Crippen molar-refractivity contribution in [3.63, 3.8) is 0 Å². The highest BCUT2D eigenvalue weighted by atomic mass is 35.5. The van der Waals surface area contributed by atoms with Gasteiger partial charge in [-0.25, -0.2) is 4.79 Å². The highest BCUT2D eigenvalue weighted by Crippen LogP contribution is 2.49. The molecule has 0 bridgehead atoms. The van der Waals surface area contributed by atoms with E-state index in [1.165, 1.54) is 20.5 Å². The number of halogens is 1. The lowest BCUT2D eigenvalue weighted by Crippen LogP contribution is -2.57. The first-order valence-corrected chi connectivity index (χ1v) is 10.5. The van der Waals surface area contributed by atoms with Crippen molar-refractivity contribution in [3.05, 3.63) is 40.6 Å². The largest absolute Gasteiger partial charge is 0.504 e. The van der Waals surface area contributed by atoms with Crippen LogP contribution in [0.1, 0.15) is 36.5 Å². The normalized spacial score (nSPS) is 31.4. The number of esters is 1. The van der Waals surface area contributed by atoms with Crippen LogP contribution in [-0.2, 0) is 14.3 Å². The second kappa shape index (κ2) is 7.65. The Morgan fingerprint density at radius 1 is 1.41 bits per heavy atom. The zero-order valence-electron chi connectivity index (χ0n) is 17.0. The molecule has 4 rings (SSSR count). The van der Waals surface area contributed by atoms with Crippen LogP contribution in [-0.4, -0.2) is 55.5 Å². The van der Waals surface area contributed by atoms with E-state index in [0.29, 0.717) is 28.5 Å². The molecule has 2 saturated heterocycles. The second-order valence-corrected chi connectivity index (χ2v) is 8.57. The second-order valence-electron chi connectivity index (χ2n) is 8.16. The molecule has 0 unspecified atom stereocenters. The number of carbonyl (C=O) groups excluding carboxylic acids is 2. The fraction of sp³-hybridized carbons (Fsp3) is 0.545. The number of ether oxygens (including phenoxy) is 2. The Kier molecular flexibility index (Phi) is 5.34. The maximum absolute atomic E-state index is 13.5.